The predicted octanol–water partition coefficient (Wildman–Crippen LogP) is 7.08. The molecule has 8 bridgehead atoms. The number of nitrogens with one attached hydrogen (secondary N) is 2. The Morgan fingerprint density at radius 2 is 1.00 bits per heavy atom. The summed E-state index contributed by atoms with van der Waals surface area (Å²) in [5.41, 5.74) is 11.1. The maximum Gasteiger partial charge on any atom is 0.313 e. The zero-order valence-corrected chi connectivity index (χ0v) is 29.5. The first-order valence-electron chi connectivity index (χ1n) is 16.5. The molecular weight excluding hydrogens is 640 g/mol. The van der Waals surface area contributed by atoms with Crippen LogP contribution < -0.4 is 0 Å². The van der Waals surface area contributed by atoms with E-state index in [-0.39, 0.29) is 0 Å². The highest BCUT2D eigenvalue weighted by Crippen LogP contribution is 2.39. The van der Waals surface area contributed by atoms with E-state index >= 15 is 0 Å². The van der Waals surface area contributed by atoms with Crippen molar-refractivity contribution in [2.24, 2.45) is 0 Å². The fraction of sp³-hybridized carbons (Fsp3) is 0.368. The van der Waals surface area contributed by atoms with Gasteiger partial charge >= 0.3 is 23.9 Å². The number of carbonyl (C=O) groups excluding carboxylic acids is 2. The van der Waals surface area contributed by atoms with Crippen LogP contribution in [0.3, 0.4) is 0 Å². The molecule has 0 aromatic carbocycles. The number of aliphatic carboxylic acids is 2. The lowest BCUT2D eigenvalue weighted by Crippen LogP contribution is -2.19. The van der Waals surface area contributed by atoms with Crippen molar-refractivity contribution in [3.8, 4) is 0 Å². The lowest BCUT2D eigenvalue weighted by Gasteiger charge is -2.14. The number of allylic oxidation sites excluding steroid dienone is 4. The van der Waals surface area contributed by atoms with Crippen molar-refractivity contribution in [2.75, 3.05) is 14.2 Å². The third-order valence-corrected chi connectivity index (χ3v) is 9.77. The summed E-state index contributed by atoms with van der Waals surface area (Å²) in [5.74, 6) is -6.22. The molecule has 0 fully saturated rings. The number of fused-ring (bicyclic) bond motifs is 8. The van der Waals surface area contributed by atoms with Gasteiger partial charge in [0, 0.05) is 22.1 Å². The molecular formula is C38H42N4O8. The molecule has 3 aromatic rings. The number of carboxylic acids is 2. The Balaban J connectivity index is 2.05. The largest absolute Gasteiger partial charge is 0.481 e. The fourth-order valence-corrected chi connectivity index (χ4v) is 7.18. The highest BCUT2D eigenvalue weighted by Gasteiger charge is 2.32. The maximum absolute atomic E-state index is 13.2. The molecule has 0 radical (unpaired) electrons. The van der Waals surface area contributed by atoms with Crippen LogP contribution in [-0.2, 0) is 28.7 Å². The van der Waals surface area contributed by atoms with E-state index in [0.717, 1.165) is 46.5 Å². The molecule has 2 atom stereocenters. The number of aryl methyl sites for hydroxylation is 2. The molecule has 3 aromatic heterocycles. The second-order valence-electron chi connectivity index (χ2n) is 12.6. The van der Waals surface area contributed by atoms with Crippen molar-refractivity contribution in [3.05, 3.63) is 69.3 Å². The standard InChI is InChI=1S/C38H42N4O8/c1-9-21-17(3)25-13-27-19(5)35(23(11-33(43)44)37(47)49-7)31(41-27)16-32-36(24(12-34(45)46)38(48)50-8)20(6)28(42-32)14-26-18(4)22(10-2)30(40-26)15-29(21)39-25/h13-16,23-24,41-42H,9-12H2,1-8H3,(H,43,44)(H,45,46). The molecule has 0 amide bonds. The summed E-state index contributed by atoms with van der Waals surface area (Å²) in [4.78, 5) is 67.3. The SMILES string of the molecule is CCC1=C(C)c2cc3[nH]c(cc4[nH]c(cc5nc(cc1n2)C(CC)=C5C)c(C)c4C(CC(=O)O)C(=O)OC)c(C(CC(=O)O)C(=O)OC)c3C. The van der Waals surface area contributed by atoms with Gasteiger partial charge in [0.2, 0.25) is 0 Å². The molecule has 5 heterocycles. The average molecular weight is 683 g/mol. The van der Waals surface area contributed by atoms with Gasteiger partial charge in [-0.15, -0.1) is 0 Å². The Kier molecular flexibility index (Phi) is 10.1. The minimum atomic E-state index is -1.19. The van der Waals surface area contributed by atoms with E-state index in [1.165, 1.54) is 14.2 Å². The Morgan fingerprint density at radius 3 is 1.32 bits per heavy atom. The van der Waals surface area contributed by atoms with Crippen molar-refractivity contribution < 1.29 is 38.9 Å². The van der Waals surface area contributed by atoms with Crippen molar-refractivity contribution in [2.45, 2.75) is 79.1 Å². The lowest BCUT2D eigenvalue weighted by atomic mass is 9.91. The minimum Gasteiger partial charge on any atom is -0.481 e. The number of carboxylic acid groups (broad SMARTS) is 2. The zero-order chi connectivity index (χ0) is 36.6. The number of ether oxygens (including phenoxy) is 2. The molecule has 2 aliphatic rings. The van der Waals surface area contributed by atoms with Crippen molar-refractivity contribution in [1.29, 1.82) is 0 Å². The Morgan fingerprint density at radius 1 is 0.620 bits per heavy atom. The van der Waals surface area contributed by atoms with Crippen LogP contribution in [0.5, 0.6) is 0 Å². The predicted molar refractivity (Wildman–Crippen MR) is 190 cm³/mol. The monoisotopic (exact) mass is 682 g/mol. The third-order valence-electron chi connectivity index (χ3n) is 9.77. The van der Waals surface area contributed by atoms with Crippen LogP contribution in [0, 0.1) is 13.8 Å². The van der Waals surface area contributed by atoms with E-state index in [4.69, 9.17) is 19.4 Å². The Bertz CT molecular complexity index is 2020. The summed E-state index contributed by atoms with van der Waals surface area (Å²) in [6.45, 7) is 11.7. The smallest absolute Gasteiger partial charge is 0.313 e. The van der Waals surface area contributed by atoms with Gasteiger partial charge in [-0.2, -0.15) is 0 Å². The second kappa shape index (κ2) is 14.1. The molecule has 0 aliphatic carbocycles. The molecule has 2 unspecified atom stereocenters. The quantitative estimate of drug-likeness (QED) is 0.161. The number of methoxy groups -OCH3 is 2. The second-order valence-corrected chi connectivity index (χ2v) is 12.6. The van der Waals surface area contributed by atoms with Crippen LogP contribution in [0.25, 0.3) is 44.4 Å². The first-order chi connectivity index (χ1) is 23.7. The van der Waals surface area contributed by atoms with Crippen LogP contribution in [0.1, 0.15) is 110 Å². The number of hydrogen-bond donors (Lipinski definition) is 4. The number of nitrogens with zero attached hydrogens (tertiary/aromatic N) is 2. The van der Waals surface area contributed by atoms with Gasteiger partial charge in [-0.1, -0.05) is 13.8 Å². The van der Waals surface area contributed by atoms with Crippen LogP contribution in [0.4, 0.5) is 0 Å². The van der Waals surface area contributed by atoms with Crippen molar-refractivity contribution >= 4 is 68.2 Å². The number of carbonyl (C=O) groups is 4. The van der Waals surface area contributed by atoms with Crippen LogP contribution >= 0.6 is 0 Å². The maximum atomic E-state index is 13.2. The molecule has 12 heteroatoms. The summed E-state index contributed by atoms with van der Waals surface area (Å²) >= 11 is 0. The van der Waals surface area contributed by atoms with Crippen molar-refractivity contribution in [3.63, 3.8) is 0 Å². The molecule has 0 saturated heterocycles. The normalized spacial score (nSPS) is 14.1. The first-order valence-corrected chi connectivity index (χ1v) is 16.5. The van der Waals surface area contributed by atoms with E-state index in [1.54, 1.807) is 19.9 Å². The number of hydrogen-bond acceptors (Lipinski definition) is 8. The summed E-state index contributed by atoms with van der Waals surface area (Å²) in [7, 11) is 2.41. The van der Waals surface area contributed by atoms with Gasteiger partial charge in [-0.3, -0.25) is 19.2 Å². The van der Waals surface area contributed by atoms with Gasteiger partial charge in [-0.25, -0.2) is 9.97 Å². The Hall–Kier alpha value is -5.52. The van der Waals surface area contributed by atoms with E-state index in [2.05, 4.69) is 23.8 Å². The summed E-state index contributed by atoms with van der Waals surface area (Å²) in [6.07, 6.45) is 0.393. The molecule has 5 rings (SSSR count). The van der Waals surface area contributed by atoms with Crippen LogP contribution in [0.15, 0.2) is 24.3 Å². The topological polar surface area (TPSA) is 185 Å². The van der Waals surface area contributed by atoms with Gasteiger partial charge in [-0.05, 0) is 109 Å². The molecule has 12 nitrogen and oxygen atoms in total. The van der Waals surface area contributed by atoms with E-state index in [1.807, 2.05) is 32.0 Å². The zero-order valence-electron chi connectivity index (χ0n) is 29.5. The molecule has 0 saturated carbocycles. The van der Waals surface area contributed by atoms with Gasteiger partial charge in [0.05, 0.1) is 61.7 Å². The number of rotatable bonds is 10. The summed E-state index contributed by atoms with van der Waals surface area (Å²) in [6, 6.07) is 7.43. The number of aromatic amines is 2. The van der Waals surface area contributed by atoms with Gasteiger partial charge < -0.3 is 29.7 Å². The molecule has 4 N–H and O–H groups in total. The van der Waals surface area contributed by atoms with E-state index < -0.39 is 48.6 Å². The Labute approximate surface area is 289 Å². The van der Waals surface area contributed by atoms with Gasteiger partial charge in [0.15, 0.2) is 0 Å². The fourth-order valence-electron chi connectivity index (χ4n) is 7.18. The number of aromatic nitrogens is 4. The molecule has 50 heavy (non-hydrogen) atoms. The minimum absolute atomic E-state index is 0.385. The molecule has 0 spiro atoms. The average Bonchev–Trinajstić information content (AvgIpc) is 3.74. The lowest BCUT2D eigenvalue weighted by molar-refractivity contribution is -0.147. The van der Waals surface area contributed by atoms with Crippen LogP contribution in [0.2, 0.25) is 0 Å². The number of esters is 2. The molecule has 2 aliphatic heterocycles. The van der Waals surface area contributed by atoms with E-state index in [9.17, 15) is 29.4 Å². The van der Waals surface area contributed by atoms with E-state index in [0.29, 0.717) is 55.7 Å². The number of H-pyrrole nitrogens is 2. The first kappa shape index (κ1) is 35.8. The highest BCUT2D eigenvalue weighted by atomic mass is 16.5. The van der Waals surface area contributed by atoms with Gasteiger partial charge in [0.1, 0.15) is 0 Å². The summed E-state index contributed by atoms with van der Waals surface area (Å²) in [5, 5.41) is 19.7. The third kappa shape index (κ3) is 6.45. The molecule has 262 valence electrons. The highest BCUT2D eigenvalue weighted by molar-refractivity contribution is 5.97. The summed E-state index contributed by atoms with van der Waals surface area (Å²) < 4.78 is 10.2. The van der Waals surface area contributed by atoms with Gasteiger partial charge in [0.25, 0.3) is 0 Å². The van der Waals surface area contributed by atoms with Crippen LogP contribution in [-0.4, -0.2) is 68.2 Å². The van der Waals surface area contributed by atoms with Crippen molar-refractivity contribution in [1.82, 2.24) is 19.9 Å².